The number of nitrogens with one attached hydrogen (secondary N) is 1. The summed E-state index contributed by atoms with van der Waals surface area (Å²) in [5.41, 5.74) is 4.70. The minimum atomic E-state index is 0.582. The molecule has 32 heavy (non-hydrogen) atoms. The van der Waals surface area contributed by atoms with E-state index in [9.17, 15) is 4.79 Å². The van der Waals surface area contributed by atoms with Crippen LogP contribution in [-0.2, 0) is 4.79 Å². The zero-order valence-corrected chi connectivity index (χ0v) is 19.4. The zero-order chi connectivity index (χ0) is 23.1. The summed E-state index contributed by atoms with van der Waals surface area (Å²) in [6, 6.07) is 9.50. The molecule has 0 unspecified atom stereocenters. The molecule has 1 N–H and O–H groups in total. The van der Waals surface area contributed by atoms with Gasteiger partial charge in [-0.15, -0.1) is 0 Å². The van der Waals surface area contributed by atoms with Gasteiger partial charge in [0.05, 0.1) is 36.2 Å². The van der Waals surface area contributed by atoms with Gasteiger partial charge in [0, 0.05) is 11.6 Å². The molecule has 0 saturated carbocycles. The van der Waals surface area contributed by atoms with Gasteiger partial charge in [-0.05, 0) is 61.7 Å². The molecule has 0 saturated heterocycles. The third-order valence-electron chi connectivity index (χ3n) is 5.02. The number of aromatic amines is 1. The monoisotopic (exact) mass is 454 g/mol. The highest BCUT2D eigenvalue weighted by molar-refractivity contribution is 6.32. The minimum absolute atomic E-state index is 0.582. The molecule has 2 aromatic carbocycles. The third kappa shape index (κ3) is 5.26. The van der Waals surface area contributed by atoms with Crippen LogP contribution in [0.5, 0.6) is 5.75 Å². The number of nitrogens with zero attached hydrogens (tertiary/aromatic N) is 5. The number of benzene rings is 2. The van der Waals surface area contributed by atoms with E-state index in [0.29, 0.717) is 17.5 Å². The van der Waals surface area contributed by atoms with Gasteiger partial charge in [-0.25, -0.2) is 4.98 Å². The molecule has 2 heterocycles. The lowest BCUT2D eigenvalue weighted by atomic mass is 10.2. The van der Waals surface area contributed by atoms with E-state index < -0.39 is 0 Å². The Balaban J connectivity index is 0.000000186. The number of carbonyl (C=O) groups is 1. The van der Waals surface area contributed by atoms with Gasteiger partial charge in [-0.1, -0.05) is 24.9 Å². The number of rotatable bonds is 7. The molecule has 0 aliphatic rings. The van der Waals surface area contributed by atoms with Crippen molar-refractivity contribution in [2.75, 3.05) is 18.6 Å². The molecule has 168 valence electrons. The number of anilines is 1. The smallest absolute Gasteiger partial charge is 0.216 e. The highest BCUT2D eigenvalue weighted by Gasteiger charge is 2.12. The number of amides is 1. The normalized spacial score (nSPS) is 10.5. The van der Waals surface area contributed by atoms with Crippen LogP contribution < -0.4 is 9.64 Å². The maximum atomic E-state index is 11.1. The van der Waals surface area contributed by atoms with Gasteiger partial charge in [0.25, 0.3) is 0 Å². The summed E-state index contributed by atoms with van der Waals surface area (Å²) in [7, 11) is 1.65. The van der Waals surface area contributed by atoms with Crippen LogP contribution in [0.2, 0.25) is 5.02 Å². The summed E-state index contributed by atoms with van der Waals surface area (Å²) < 4.78 is 5.12. The fourth-order valence-corrected chi connectivity index (χ4v) is 3.32. The van der Waals surface area contributed by atoms with Crippen LogP contribution >= 0.6 is 11.6 Å². The van der Waals surface area contributed by atoms with Crippen molar-refractivity contribution in [1.29, 1.82) is 0 Å². The van der Waals surface area contributed by atoms with Crippen LogP contribution in [0, 0.1) is 13.8 Å². The summed E-state index contributed by atoms with van der Waals surface area (Å²) in [6.45, 7) is 6.69. The second kappa shape index (κ2) is 10.8. The Morgan fingerprint density at radius 1 is 1.19 bits per heavy atom. The number of hydrogen-bond donors (Lipinski definition) is 1. The van der Waals surface area contributed by atoms with Crippen LogP contribution in [0.25, 0.3) is 16.7 Å². The first-order valence-corrected chi connectivity index (χ1v) is 10.7. The van der Waals surface area contributed by atoms with Gasteiger partial charge < -0.3 is 9.72 Å². The standard InChI is InChI=1S/C13H16ClN3O.C10H11N3O/c1-3-4-7-17(8-18)13-15-11-6-5-10(14)9(2)12(11)16-13;1-8-7-9(14-2)3-4-10(8)13-11-5-6-12-13/h5-6,8H,3-4,7H2,1-2H3,(H,15,16);3-7H,1-2H3. The summed E-state index contributed by atoms with van der Waals surface area (Å²) in [4.78, 5) is 21.9. The van der Waals surface area contributed by atoms with Crippen molar-refractivity contribution in [3.8, 4) is 11.4 Å². The maximum Gasteiger partial charge on any atom is 0.216 e. The Labute approximate surface area is 192 Å². The number of hydrogen-bond acceptors (Lipinski definition) is 5. The van der Waals surface area contributed by atoms with Gasteiger partial charge in [0.1, 0.15) is 5.75 Å². The molecule has 0 bridgehead atoms. The van der Waals surface area contributed by atoms with Crippen LogP contribution in [0.4, 0.5) is 5.95 Å². The molecular weight excluding hydrogens is 428 g/mol. The number of imidazole rings is 1. The molecule has 4 aromatic rings. The van der Waals surface area contributed by atoms with Gasteiger partial charge in [-0.3, -0.25) is 9.69 Å². The molecule has 0 aliphatic heterocycles. The van der Waals surface area contributed by atoms with E-state index >= 15 is 0 Å². The lowest BCUT2D eigenvalue weighted by molar-refractivity contribution is -0.107. The van der Waals surface area contributed by atoms with E-state index in [4.69, 9.17) is 16.3 Å². The van der Waals surface area contributed by atoms with Crippen molar-refractivity contribution in [2.24, 2.45) is 0 Å². The summed E-state index contributed by atoms with van der Waals surface area (Å²) in [5, 5.41) is 8.82. The summed E-state index contributed by atoms with van der Waals surface area (Å²) >= 11 is 6.06. The fraction of sp³-hybridized carbons (Fsp3) is 0.304. The highest BCUT2D eigenvalue weighted by Crippen LogP contribution is 2.25. The fourth-order valence-electron chi connectivity index (χ4n) is 3.17. The van der Waals surface area contributed by atoms with Crippen LogP contribution in [0.15, 0.2) is 42.7 Å². The molecule has 8 nitrogen and oxygen atoms in total. The van der Waals surface area contributed by atoms with E-state index in [0.717, 1.165) is 52.8 Å². The molecule has 0 spiro atoms. The van der Waals surface area contributed by atoms with E-state index in [-0.39, 0.29) is 0 Å². The second-order valence-electron chi connectivity index (χ2n) is 7.25. The van der Waals surface area contributed by atoms with Crippen molar-refractivity contribution >= 4 is 35.0 Å². The average Bonchev–Trinajstić information content (AvgIpc) is 3.48. The average molecular weight is 455 g/mol. The minimum Gasteiger partial charge on any atom is -0.497 e. The number of halogens is 1. The van der Waals surface area contributed by atoms with Gasteiger partial charge >= 0.3 is 0 Å². The van der Waals surface area contributed by atoms with E-state index in [2.05, 4.69) is 27.1 Å². The van der Waals surface area contributed by atoms with E-state index in [1.54, 1.807) is 29.2 Å². The van der Waals surface area contributed by atoms with Gasteiger partial charge in [0.2, 0.25) is 12.4 Å². The molecule has 0 atom stereocenters. The molecule has 0 aliphatic carbocycles. The molecule has 9 heteroatoms. The first-order chi connectivity index (χ1) is 15.5. The summed E-state index contributed by atoms with van der Waals surface area (Å²) in [6.07, 6.45) is 6.11. The third-order valence-corrected chi connectivity index (χ3v) is 5.43. The first kappa shape index (κ1) is 23.3. The Morgan fingerprint density at radius 2 is 1.94 bits per heavy atom. The predicted molar refractivity (Wildman–Crippen MR) is 127 cm³/mol. The lowest BCUT2D eigenvalue weighted by Gasteiger charge is -2.12. The second-order valence-corrected chi connectivity index (χ2v) is 7.66. The highest BCUT2D eigenvalue weighted by atomic mass is 35.5. The molecule has 2 aromatic heterocycles. The number of carbonyl (C=O) groups excluding carboxylic acids is 1. The van der Waals surface area contributed by atoms with Crippen LogP contribution in [0.3, 0.4) is 0 Å². The SMILES string of the molecule is CCCCN(C=O)c1nc2c(C)c(Cl)ccc2[nH]1.COc1ccc(-n2nccn2)c(C)c1. The van der Waals surface area contributed by atoms with E-state index in [1.165, 1.54) is 0 Å². The molecule has 0 fully saturated rings. The topological polar surface area (TPSA) is 88.9 Å². The predicted octanol–water partition coefficient (Wildman–Crippen LogP) is 4.87. The molecule has 0 radical (unpaired) electrons. The van der Waals surface area contributed by atoms with E-state index in [1.807, 2.05) is 44.2 Å². The maximum absolute atomic E-state index is 11.1. The zero-order valence-electron chi connectivity index (χ0n) is 18.7. The number of H-pyrrole nitrogens is 1. The van der Waals surface area contributed by atoms with Crippen molar-refractivity contribution in [2.45, 2.75) is 33.6 Å². The molecular formula is C23H27ClN6O2. The quantitative estimate of drug-likeness (QED) is 0.402. The van der Waals surface area contributed by atoms with Crippen LogP contribution in [-0.4, -0.2) is 45.0 Å². The molecule has 4 rings (SSSR count). The Morgan fingerprint density at radius 3 is 2.56 bits per heavy atom. The number of fused-ring (bicyclic) bond motifs is 1. The largest absolute Gasteiger partial charge is 0.497 e. The molecule has 1 amide bonds. The lowest BCUT2D eigenvalue weighted by Crippen LogP contribution is -2.23. The van der Waals surface area contributed by atoms with Crippen LogP contribution in [0.1, 0.15) is 30.9 Å². The van der Waals surface area contributed by atoms with Crippen molar-refractivity contribution in [3.63, 3.8) is 0 Å². The number of methoxy groups -OCH3 is 1. The number of unbranched alkanes of at least 4 members (excludes halogenated alkanes) is 1. The van der Waals surface area contributed by atoms with Crippen molar-refractivity contribution in [3.05, 3.63) is 58.9 Å². The Kier molecular flexibility index (Phi) is 7.83. The van der Waals surface area contributed by atoms with Crippen molar-refractivity contribution < 1.29 is 9.53 Å². The number of aryl methyl sites for hydroxylation is 2. The van der Waals surface area contributed by atoms with Gasteiger partial charge in [-0.2, -0.15) is 15.0 Å². The number of ether oxygens (including phenoxy) is 1. The van der Waals surface area contributed by atoms with Gasteiger partial charge in [0.15, 0.2) is 0 Å². The summed E-state index contributed by atoms with van der Waals surface area (Å²) in [5.74, 6) is 1.43. The Hall–Kier alpha value is -3.39. The van der Waals surface area contributed by atoms with Crippen molar-refractivity contribution in [1.82, 2.24) is 25.0 Å². The Bertz CT molecular complexity index is 1170. The first-order valence-electron chi connectivity index (χ1n) is 10.4. The number of aromatic nitrogens is 5.